The van der Waals surface area contributed by atoms with Crippen molar-refractivity contribution in [1.29, 1.82) is 0 Å². The standard InChI is InChI=1S/C25H35Cl2N5O3Si/c1-25(2,3)35-24(33)28-17-12-10-9-11-16(17)18-20-19(22(27)30-21(18)26)29-23(31(4)5)32(20)15-34-13-14-36(6,7)8/h9-12H,13-15H2,1-8H3,(H,28,33). The highest BCUT2D eigenvalue weighted by Gasteiger charge is 2.25. The van der Waals surface area contributed by atoms with E-state index < -0.39 is 19.8 Å². The molecule has 0 saturated heterocycles. The number of halogens is 2. The van der Waals surface area contributed by atoms with Crippen molar-refractivity contribution in [1.82, 2.24) is 14.5 Å². The van der Waals surface area contributed by atoms with Crippen LogP contribution in [-0.4, -0.2) is 55.0 Å². The molecule has 3 aromatic rings. The molecule has 0 saturated carbocycles. The third-order valence-corrected chi connectivity index (χ3v) is 7.47. The number of aromatic nitrogens is 3. The molecule has 0 aliphatic heterocycles. The van der Waals surface area contributed by atoms with E-state index in [2.05, 4.69) is 29.9 Å². The lowest BCUT2D eigenvalue weighted by atomic mass is 10.0. The van der Waals surface area contributed by atoms with E-state index in [1.165, 1.54) is 0 Å². The van der Waals surface area contributed by atoms with E-state index in [0.29, 0.717) is 40.4 Å². The van der Waals surface area contributed by atoms with Crippen molar-refractivity contribution in [3.8, 4) is 11.1 Å². The summed E-state index contributed by atoms with van der Waals surface area (Å²) in [5.41, 5.74) is 2.32. The average Bonchev–Trinajstić information content (AvgIpc) is 3.10. The fraction of sp³-hybridized carbons (Fsp3) is 0.480. The zero-order valence-corrected chi connectivity index (χ0v) is 24.7. The van der Waals surface area contributed by atoms with E-state index in [9.17, 15) is 4.79 Å². The molecule has 1 aromatic carbocycles. The zero-order chi connectivity index (χ0) is 26.8. The SMILES string of the molecule is CN(C)c1nc2c(Cl)nc(Cl)c(-c3ccccc3NC(=O)OC(C)(C)C)c2n1COCC[Si](C)(C)C. The fourth-order valence-electron chi connectivity index (χ4n) is 3.59. The number of fused-ring (bicyclic) bond motifs is 1. The summed E-state index contributed by atoms with van der Waals surface area (Å²) in [7, 11) is 2.55. The van der Waals surface area contributed by atoms with E-state index in [-0.39, 0.29) is 17.0 Å². The van der Waals surface area contributed by atoms with E-state index in [0.717, 1.165) is 6.04 Å². The molecule has 1 N–H and O–H groups in total. The number of para-hydroxylation sites is 1. The Morgan fingerprint density at radius 1 is 1.11 bits per heavy atom. The molecule has 11 heteroatoms. The Kier molecular flexibility index (Phi) is 8.60. The number of hydrogen-bond acceptors (Lipinski definition) is 6. The molecule has 3 rings (SSSR count). The summed E-state index contributed by atoms with van der Waals surface area (Å²) in [5, 5.41) is 3.23. The number of pyridine rings is 1. The molecule has 2 aromatic heterocycles. The predicted molar refractivity (Wildman–Crippen MR) is 151 cm³/mol. The second-order valence-electron chi connectivity index (χ2n) is 11.0. The second-order valence-corrected chi connectivity index (χ2v) is 17.4. The number of ether oxygens (including phenoxy) is 2. The van der Waals surface area contributed by atoms with E-state index in [1.807, 2.05) is 62.5 Å². The number of amides is 1. The van der Waals surface area contributed by atoms with Gasteiger partial charge in [0.05, 0.1) is 11.2 Å². The predicted octanol–water partition coefficient (Wildman–Crippen LogP) is 7.13. The third-order valence-electron chi connectivity index (χ3n) is 5.23. The van der Waals surface area contributed by atoms with Crippen LogP contribution in [0.4, 0.5) is 16.4 Å². The van der Waals surface area contributed by atoms with Gasteiger partial charge in [-0.1, -0.05) is 61.0 Å². The Hall–Kier alpha value is -2.33. The Labute approximate surface area is 223 Å². The first kappa shape index (κ1) is 28.2. The molecule has 0 unspecified atom stereocenters. The number of anilines is 2. The van der Waals surface area contributed by atoms with Crippen LogP contribution in [0.1, 0.15) is 20.8 Å². The maximum Gasteiger partial charge on any atom is 0.412 e. The van der Waals surface area contributed by atoms with Crippen LogP contribution in [0.3, 0.4) is 0 Å². The highest BCUT2D eigenvalue weighted by molar-refractivity contribution is 6.76. The minimum Gasteiger partial charge on any atom is -0.444 e. The minimum atomic E-state index is -1.25. The van der Waals surface area contributed by atoms with Gasteiger partial charge < -0.3 is 14.4 Å². The van der Waals surface area contributed by atoms with Gasteiger partial charge in [-0.25, -0.2) is 14.8 Å². The molecule has 0 aliphatic rings. The largest absolute Gasteiger partial charge is 0.444 e. The number of nitrogens with one attached hydrogen (secondary N) is 1. The van der Waals surface area contributed by atoms with Crippen LogP contribution in [0.15, 0.2) is 24.3 Å². The molecule has 0 radical (unpaired) electrons. The number of hydrogen-bond donors (Lipinski definition) is 1. The first-order chi connectivity index (χ1) is 16.7. The molecule has 0 spiro atoms. The lowest BCUT2D eigenvalue weighted by Gasteiger charge is -2.21. The number of nitrogens with zero attached hydrogens (tertiary/aromatic N) is 4. The third kappa shape index (κ3) is 6.91. The highest BCUT2D eigenvalue weighted by Crippen LogP contribution is 2.41. The van der Waals surface area contributed by atoms with Gasteiger partial charge in [-0.15, -0.1) is 0 Å². The summed E-state index contributed by atoms with van der Waals surface area (Å²) < 4.78 is 13.5. The maximum absolute atomic E-state index is 12.6. The van der Waals surface area contributed by atoms with Crippen LogP contribution in [0, 0.1) is 0 Å². The van der Waals surface area contributed by atoms with Crippen LogP contribution < -0.4 is 10.2 Å². The van der Waals surface area contributed by atoms with Crippen molar-refractivity contribution >= 4 is 60.0 Å². The lowest BCUT2D eigenvalue weighted by Crippen LogP contribution is -2.27. The Balaban J connectivity index is 2.15. The van der Waals surface area contributed by atoms with Gasteiger partial charge in [-0.2, -0.15) is 0 Å². The molecular formula is C25H35Cl2N5O3Si. The smallest absolute Gasteiger partial charge is 0.412 e. The Bertz CT molecular complexity index is 1250. The van der Waals surface area contributed by atoms with Gasteiger partial charge in [-0.3, -0.25) is 9.88 Å². The van der Waals surface area contributed by atoms with Crippen molar-refractivity contribution < 1.29 is 14.3 Å². The molecule has 2 heterocycles. The van der Waals surface area contributed by atoms with Gasteiger partial charge in [0.1, 0.15) is 23.0 Å². The molecule has 0 bridgehead atoms. The molecule has 0 fully saturated rings. The molecule has 8 nitrogen and oxygen atoms in total. The van der Waals surface area contributed by atoms with Crippen LogP contribution >= 0.6 is 23.2 Å². The van der Waals surface area contributed by atoms with E-state index >= 15 is 0 Å². The normalized spacial score (nSPS) is 12.2. The number of carbonyl (C=O) groups excluding carboxylic acids is 1. The quantitative estimate of drug-likeness (QED) is 0.182. The highest BCUT2D eigenvalue weighted by atomic mass is 35.5. The van der Waals surface area contributed by atoms with Crippen molar-refractivity contribution in [3.63, 3.8) is 0 Å². The number of imidazole rings is 1. The molecule has 196 valence electrons. The first-order valence-corrected chi connectivity index (χ1v) is 16.2. The molecule has 0 atom stereocenters. The minimum absolute atomic E-state index is 0.194. The average molecular weight is 553 g/mol. The summed E-state index contributed by atoms with van der Waals surface area (Å²) in [6.45, 7) is 13.3. The van der Waals surface area contributed by atoms with Crippen molar-refractivity contribution in [2.24, 2.45) is 0 Å². The van der Waals surface area contributed by atoms with Crippen molar-refractivity contribution in [3.05, 3.63) is 34.6 Å². The van der Waals surface area contributed by atoms with Gasteiger partial charge >= 0.3 is 6.09 Å². The summed E-state index contributed by atoms with van der Waals surface area (Å²) >= 11 is 13.2. The van der Waals surface area contributed by atoms with E-state index in [1.54, 1.807) is 6.07 Å². The van der Waals surface area contributed by atoms with Gasteiger partial charge in [0, 0.05) is 39.9 Å². The number of benzene rings is 1. The number of carbonyl (C=O) groups is 1. The molecule has 1 amide bonds. The van der Waals surface area contributed by atoms with Crippen LogP contribution in [-0.2, 0) is 16.2 Å². The van der Waals surface area contributed by atoms with Gasteiger partial charge in [-0.05, 0) is 32.9 Å². The van der Waals surface area contributed by atoms with Crippen LogP contribution in [0.2, 0.25) is 36.0 Å². The van der Waals surface area contributed by atoms with Gasteiger partial charge in [0.25, 0.3) is 0 Å². The van der Waals surface area contributed by atoms with Crippen molar-refractivity contribution in [2.45, 2.75) is 58.8 Å². The molecule has 0 aliphatic carbocycles. The van der Waals surface area contributed by atoms with Crippen molar-refractivity contribution in [2.75, 3.05) is 30.9 Å². The monoisotopic (exact) mass is 551 g/mol. The zero-order valence-electron chi connectivity index (χ0n) is 22.2. The molecular weight excluding hydrogens is 517 g/mol. The topological polar surface area (TPSA) is 81.5 Å². The summed E-state index contributed by atoms with van der Waals surface area (Å²) in [6.07, 6.45) is -0.568. The fourth-order valence-corrected chi connectivity index (χ4v) is 4.88. The van der Waals surface area contributed by atoms with Gasteiger partial charge in [0.2, 0.25) is 5.95 Å². The summed E-state index contributed by atoms with van der Waals surface area (Å²) in [5.74, 6) is 0.655. The van der Waals surface area contributed by atoms with Crippen LogP contribution in [0.5, 0.6) is 0 Å². The lowest BCUT2D eigenvalue weighted by molar-refractivity contribution is 0.0636. The maximum atomic E-state index is 12.6. The summed E-state index contributed by atoms with van der Waals surface area (Å²) in [4.78, 5) is 23.6. The Morgan fingerprint density at radius 2 is 1.78 bits per heavy atom. The number of rotatable bonds is 8. The summed E-state index contributed by atoms with van der Waals surface area (Å²) in [6, 6.07) is 8.38. The van der Waals surface area contributed by atoms with Gasteiger partial charge in [0.15, 0.2) is 5.15 Å². The van der Waals surface area contributed by atoms with Crippen LogP contribution in [0.25, 0.3) is 22.2 Å². The molecule has 36 heavy (non-hydrogen) atoms. The van der Waals surface area contributed by atoms with E-state index in [4.69, 9.17) is 37.7 Å². The first-order valence-electron chi connectivity index (χ1n) is 11.8. The Morgan fingerprint density at radius 3 is 2.39 bits per heavy atom. The second kappa shape index (κ2) is 11.0.